The monoisotopic (exact) mass is 494 g/mol. The number of methoxy groups -OCH3 is 1. The van der Waals surface area contributed by atoms with Crippen LogP contribution in [0.25, 0.3) is 6.08 Å². The smallest absolute Gasteiger partial charge is 0.231 e. The lowest BCUT2D eigenvalue weighted by atomic mass is 10.1. The van der Waals surface area contributed by atoms with Crippen molar-refractivity contribution in [2.75, 3.05) is 13.9 Å². The topological polar surface area (TPSA) is 63.2 Å². The minimum atomic E-state index is -0.180. The highest BCUT2D eigenvalue weighted by atomic mass is 79.9. The Kier molecular flexibility index (Phi) is 5.59. The summed E-state index contributed by atoms with van der Waals surface area (Å²) in [6.45, 7) is 0.998. The van der Waals surface area contributed by atoms with Gasteiger partial charge in [-0.3, -0.25) is 4.79 Å². The Balaban J connectivity index is 1.37. The van der Waals surface area contributed by atoms with Crippen molar-refractivity contribution in [2.24, 2.45) is 0 Å². The predicted molar refractivity (Wildman–Crippen MR) is 121 cm³/mol. The summed E-state index contributed by atoms with van der Waals surface area (Å²) in [4.78, 5) is 12.9. The van der Waals surface area contributed by atoms with E-state index in [0.29, 0.717) is 36.0 Å². The van der Waals surface area contributed by atoms with Gasteiger partial charge in [-0.15, -0.1) is 0 Å². The quantitative estimate of drug-likeness (QED) is 0.435. The van der Waals surface area contributed by atoms with Crippen LogP contribution < -0.4 is 18.9 Å². The van der Waals surface area contributed by atoms with E-state index in [9.17, 15) is 4.79 Å². The van der Waals surface area contributed by atoms with E-state index in [1.54, 1.807) is 31.4 Å². The molecule has 2 aliphatic rings. The summed E-state index contributed by atoms with van der Waals surface area (Å²) in [6.07, 6.45) is 1.70. The minimum Gasteiger partial charge on any atom is -0.497 e. The van der Waals surface area contributed by atoms with E-state index >= 15 is 0 Å². The molecule has 0 fully saturated rings. The summed E-state index contributed by atoms with van der Waals surface area (Å²) in [5.74, 6) is 2.61. The van der Waals surface area contributed by atoms with Crippen LogP contribution in [-0.4, -0.2) is 19.7 Å². The summed E-state index contributed by atoms with van der Waals surface area (Å²) in [6, 6.07) is 16.7. The molecule has 32 heavy (non-hydrogen) atoms. The molecule has 0 N–H and O–H groups in total. The van der Waals surface area contributed by atoms with E-state index in [-0.39, 0.29) is 18.3 Å². The van der Waals surface area contributed by atoms with Crippen LogP contribution >= 0.6 is 15.9 Å². The number of hydrogen-bond donors (Lipinski definition) is 0. The van der Waals surface area contributed by atoms with Crippen LogP contribution in [-0.2, 0) is 18.0 Å². The van der Waals surface area contributed by atoms with Crippen molar-refractivity contribution in [3.05, 3.63) is 87.1 Å². The van der Waals surface area contributed by atoms with Crippen LogP contribution in [0.15, 0.2) is 64.8 Å². The van der Waals surface area contributed by atoms with E-state index in [1.165, 1.54) is 0 Å². The van der Waals surface area contributed by atoms with Crippen molar-refractivity contribution in [3.8, 4) is 23.0 Å². The number of halogens is 1. The maximum Gasteiger partial charge on any atom is 0.231 e. The maximum absolute atomic E-state index is 12.9. The summed E-state index contributed by atoms with van der Waals surface area (Å²) in [5, 5.41) is 0. The summed E-state index contributed by atoms with van der Waals surface area (Å²) < 4.78 is 28.9. The predicted octanol–water partition coefficient (Wildman–Crippen LogP) is 5.52. The molecule has 3 aromatic rings. The third-order valence-electron chi connectivity index (χ3n) is 5.17. The van der Waals surface area contributed by atoms with Crippen molar-refractivity contribution in [1.29, 1.82) is 0 Å². The van der Waals surface area contributed by atoms with Crippen LogP contribution in [0, 0.1) is 0 Å². The van der Waals surface area contributed by atoms with Gasteiger partial charge < -0.3 is 23.7 Å². The Morgan fingerprint density at radius 1 is 1.09 bits per heavy atom. The molecule has 0 saturated heterocycles. The first-order valence-corrected chi connectivity index (χ1v) is 10.8. The third kappa shape index (κ3) is 4.09. The summed E-state index contributed by atoms with van der Waals surface area (Å²) in [5.41, 5.74) is 3.14. The van der Waals surface area contributed by atoms with Gasteiger partial charge in [0.1, 0.15) is 29.6 Å². The fraction of sp³-hybridized carbons (Fsp3) is 0.160. The van der Waals surface area contributed by atoms with Crippen LogP contribution in [0.5, 0.6) is 23.0 Å². The van der Waals surface area contributed by atoms with Crippen LogP contribution in [0.4, 0.5) is 0 Å². The summed E-state index contributed by atoms with van der Waals surface area (Å²) in [7, 11) is 1.63. The Morgan fingerprint density at radius 2 is 2.00 bits per heavy atom. The zero-order chi connectivity index (χ0) is 22.1. The highest BCUT2D eigenvalue weighted by Crippen LogP contribution is 2.38. The average molecular weight is 495 g/mol. The molecule has 7 heteroatoms. The van der Waals surface area contributed by atoms with E-state index in [1.807, 2.05) is 36.4 Å². The summed E-state index contributed by atoms with van der Waals surface area (Å²) >= 11 is 3.50. The fourth-order valence-electron chi connectivity index (χ4n) is 3.64. The number of ketones is 1. The van der Waals surface area contributed by atoms with Crippen molar-refractivity contribution >= 4 is 27.8 Å². The minimum absolute atomic E-state index is 0.174. The van der Waals surface area contributed by atoms with E-state index in [0.717, 1.165) is 26.9 Å². The molecule has 0 aromatic heterocycles. The Labute approximate surface area is 193 Å². The molecule has 6 nitrogen and oxygen atoms in total. The molecule has 5 rings (SSSR count). The molecule has 0 atom stereocenters. The Bertz CT molecular complexity index is 1230. The normalized spacial score (nSPS) is 15.6. The third-order valence-corrected chi connectivity index (χ3v) is 5.63. The molecular formula is C25H19BrO6. The molecule has 0 amide bonds. The van der Waals surface area contributed by atoms with E-state index < -0.39 is 0 Å². The molecule has 0 saturated carbocycles. The van der Waals surface area contributed by atoms with Crippen LogP contribution in [0.2, 0.25) is 0 Å². The van der Waals surface area contributed by atoms with Gasteiger partial charge in [0.25, 0.3) is 0 Å². The second-order valence-corrected chi connectivity index (χ2v) is 8.25. The number of Topliss-reactive ketones (excluding diaryl/α,β-unsaturated/α-hetero) is 1. The second kappa shape index (κ2) is 8.68. The van der Waals surface area contributed by atoms with Crippen molar-refractivity contribution < 1.29 is 28.5 Å². The second-order valence-electron chi connectivity index (χ2n) is 7.33. The number of hydrogen-bond acceptors (Lipinski definition) is 6. The first-order chi connectivity index (χ1) is 15.6. The number of carbonyl (C=O) groups excluding carboxylic acids is 1. The van der Waals surface area contributed by atoms with Gasteiger partial charge in [0, 0.05) is 21.7 Å². The number of benzene rings is 3. The van der Waals surface area contributed by atoms with Gasteiger partial charge in [0.2, 0.25) is 5.78 Å². The zero-order valence-corrected chi connectivity index (χ0v) is 18.8. The van der Waals surface area contributed by atoms with Crippen LogP contribution in [0.3, 0.4) is 0 Å². The number of ether oxygens (including phenoxy) is 5. The van der Waals surface area contributed by atoms with E-state index in [2.05, 4.69) is 15.9 Å². The van der Waals surface area contributed by atoms with Gasteiger partial charge in [-0.25, -0.2) is 0 Å². The molecule has 0 radical (unpaired) electrons. The molecule has 0 bridgehead atoms. The molecule has 0 unspecified atom stereocenters. The van der Waals surface area contributed by atoms with Crippen molar-refractivity contribution in [3.63, 3.8) is 0 Å². The standard InChI is InChI=1S/C25H19BrO6/c1-28-19-4-2-3-15(7-19)12-30-20-5-6-21-22(11-20)32-23(24(21)27)10-16-8-18(26)9-17-13-29-14-31-25(16)17/h2-11H,12-14H2,1H3/b23-10-. The first-order valence-electron chi connectivity index (χ1n) is 9.98. The van der Waals surface area contributed by atoms with Gasteiger partial charge in [-0.1, -0.05) is 28.1 Å². The van der Waals surface area contributed by atoms with Gasteiger partial charge in [0.05, 0.1) is 19.3 Å². The molecule has 0 spiro atoms. The lowest BCUT2D eigenvalue weighted by molar-refractivity contribution is -0.0165. The van der Waals surface area contributed by atoms with Crippen molar-refractivity contribution in [2.45, 2.75) is 13.2 Å². The lowest BCUT2D eigenvalue weighted by Crippen LogP contribution is -2.12. The Morgan fingerprint density at radius 3 is 2.88 bits per heavy atom. The highest BCUT2D eigenvalue weighted by Gasteiger charge is 2.28. The number of carbonyl (C=O) groups is 1. The molecular weight excluding hydrogens is 476 g/mol. The maximum atomic E-state index is 12.9. The average Bonchev–Trinajstić information content (AvgIpc) is 3.12. The van der Waals surface area contributed by atoms with Gasteiger partial charge in [-0.05, 0) is 48.0 Å². The van der Waals surface area contributed by atoms with Gasteiger partial charge in [0.15, 0.2) is 12.6 Å². The molecule has 2 aliphatic heterocycles. The highest BCUT2D eigenvalue weighted by molar-refractivity contribution is 9.10. The van der Waals surface area contributed by atoms with Gasteiger partial charge in [-0.2, -0.15) is 0 Å². The molecule has 162 valence electrons. The van der Waals surface area contributed by atoms with E-state index in [4.69, 9.17) is 23.7 Å². The van der Waals surface area contributed by atoms with Crippen LogP contribution in [0.1, 0.15) is 27.0 Å². The molecule has 3 aromatic carbocycles. The fourth-order valence-corrected chi connectivity index (χ4v) is 4.17. The lowest BCUT2D eigenvalue weighted by Gasteiger charge is -2.20. The first kappa shape index (κ1) is 20.6. The number of fused-ring (bicyclic) bond motifs is 2. The van der Waals surface area contributed by atoms with Gasteiger partial charge >= 0.3 is 0 Å². The largest absolute Gasteiger partial charge is 0.497 e. The zero-order valence-electron chi connectivity index (χ0n) is 17.2. The Hall–Kier alpha value is -3.29. The molecule has 2 heterocycles. The van der Waals surface area contributed by atoms with Crippen molar-refractivity contribution in [1.82, 2.24) is 0 Å². The molecule has 0 aliphatic carbocycles. The SMILES string of the molecule is COc1cccc(COc2ccc3c(c2)O/C(=C\c2cc(Br)cc4c2OCOC4)C3=O)c1. The number of allylic oxidation sites excluding steroid dienone is 1. The number of rotatable bonds is 5.